The Hall–Kier alpha value is -2.49. The van der Waals surface area contributed by atoms with E-state index in [1.165, 1.54) is 11.3 Å². The van der Waals surface area contributed by atoms with Gasteiger partial charge in [0.25, 0.3) is 5.19 Å². The van der Waals surface area contributed by atoms with Crippen LogP contribution in [0.4, 0.5) is 0 Å². The molecule has 0 amide bonds. The number of phenolic OH excluding ortho intramolecular Hbond substituents is 1. The first kappa shape index (κ1) is 19.8. The summed E-state index contributed by atoms with van der Waals surface area (Å²) >= 11 is 1.33. The smallest absolute Gasteiger partial charge is 0.294 e. The molecule has 9 heteroatoms. The molecule has 0 aliphatic carbocycles. The molecule has 8 nitrogen and oxygen atoms in total. The average molecular weight is 416 g/mol. The summed E-state index contributed by atoms with van der Waals surface area (Å²) in [7, 11) is 0. The highest BCUT2D eigenvalue weighted by atomic mass is 32.1. The van der Waals surface area contributed by atoms with Crippen LogP contribution in [0.1, 0.15) is 20.3 Å². The van der Waals surface area contributed by atoms with E-state index >= 15 is 0 Å². The number of nitrogens with one attached hydrogen (secondary N) is 2. The molecule has 3 aromatic rings. The van der Waals surface area contributed by atoms with Gasteiger partial charge in [0.2, 0.25) is 0 Å². The van der Waals surface area contributed by atoms with Gasteiger partial charge in [-0.15, -0.1) is 5.10 Å². The van der Waals surface area contributed by atoms with Crippen molar-refractivity contribution in [1.82, 2.24) is 25.7 Å². The highest BCUT2D eigenvalue weighted by molar-refractivity contribution is 7.16. The molecule has 1 saturated heterocycles. The summed E-state index contributed by atoms with van der Waals surface area (Å²) in [4.78, 5) is 0. The van der Waals surface area contributed by atoms with E-state index in [1.54, 1.807) is 18.5 Å². The fraction of sp³-hybridized carbons (Fsp3) is 0.450. The van der Waals surface area contributed by atoms with E-state index in [-0.39, 0.29) is 18.0 Å². The highest BCUT2D eigenvalue weighted by Gasteiger charge is 2.35. The van der Waals surface area contributed by atoms with Crippen molar-refractivity contribution in [2.45, 2.75) is 32.5 Å². The number of phenols is 1. The van der Waals surface area contributed by atoms with Crippen LogP contribution in [-0.2, 0) is 4.74 Å². The largest absolute Gasteiger partial charge is 0.507 e. The predicted octanol–water partition coefficient (Wildman–Crippen LogP) is 3.08. The summed E-state index contributed by atoms with van der Waals surface area (Å²) < 4.78 is 12.1. The summed E-state index contributed by atoms with van der Waals surface area (Å²) in [6.07, 6.45) is 4.39. The van der Waals surface area contributed by atoms with E-state index in [0.29, 0.717) is 28.3 Å². The quantitative estimate of drug-likeness (QED) is 0.544. The number of aromatic amines is 1. The molecule has 0 saturated carbocycles. The molecule has 3 atom stereocenters. The molecule has 1 aliphatic rings. The predicted molar refractivity (Wildman–Crippen MR) is 111 cm³/mol. The molecule has 3 N–H and O–H groups in total. The van der Waals surface area contributed by atoms with Gasteiger partial charge in [-0.05, 0) is 31.0 Å². The molecule has 154 valence electrons. The van der Waals surface area contributed by atoms with Gasteiger partial charge in [0.15, 0.2) is 5.01 Å². The number of rotatable bonds is 7. The number of piperidine rings is 1. The molecular formula is C20H25N5O3S. The fourth-order valence-electron chi connectivity index (χ4n) is 3.65. The Bertz CT molecular complexity index is 928. The minimum absolute atomic E-state index is 0.0197. The summed E-state index contributed by atoms with van der Waals surface area (Å²) in [5.41, 5.74) is 2.41. The number of benzene rings is 1. The first-order valence-electron chi connectivity index (χ1n) is 9.84. The Morgan fingerprint density at radius 2 is 2.10 bits per heavy atom. The second-order valence-corrected chi connectivity index (χ2v) is 7.93. The first-order valence-corrected chi connectivity index (χ1v) is 10.7. The Labute approximate surface area is 173 Å². The van der Waals surface area contributed by atoms with Gasteiger partial charge in [-0.25, -0.2) is 0 Å². The number of ether oxygens (including phenoxy) is 2. The second-order valence-electron chi connectivity index (χ2n) is 6.99. The second kappa shape index (κ2) is 8.89. The molecule has 1 aliphatic heterocycles. The van der Waals surface area contributed by atoms with Crippen LogP contribution < -0.4 is 10.1 Å². The van der Waals surface area contributed by atoms with Crippen molar-refractivity contribution in [3.8, 4) is 32.6 Å². The maximum absolute atomic E-state index is 10.5. The van der Waals surface area contributed by atoms with Crippen LogP contribution in [0.2, 0.25) is 0 Å². The minimum Gasteiger partial charge on any atom is -0.507 e. The van der Waals surface area contributed by atoms with Crippen LogP contribution in [0.5, 0.6) is 10.9 Å². The normalized spacial score (nSPS) is 21.9. The molecule has 1 aromatic carbocycles. The van der Waals surface area contributed by atoms with Crippen molar-refractivity contribution < 1.29 is 14.6 Å². The standard InChI is InChI=1S/C20H25N5O3S/c1-3-12-8-21-11-17(27-4-2)18(12)28-20-25-24-19(29-20)15-6-5-13(7-16(15)26)14-9-22-23-10-14/h5-7,9-10,12,17-18,21,26H,3-4,8,11H2,1-2H3,(H,22,23)/t12?,17?,18-/m0/s1. The van der Waals surface area contributed by atoms with Crippen LogP contribution >= 0.6 is 11.3 Å². The zero-order chi connectivity index (χ0) is 20.2. The van der Waals surface area contributed by atoms with E-state index in [1.807, 2.05) is 19.1 Å². The van der Waals surface area contributed by atoms with Gasteiger partial charge in [0, 0.05) is 37.4 Å². The van der Waals surface area contributed by atoms with Crippen LogP contribution in [-0.4, -0.2) is 57.4 Å². The molecule has 3 heterocycles. The topological polar surface area (TPSA) is 105 Å². The van der Waals surface area contributed by atoms with Crippen molar-refractivity contribution in [2.75, 3.05) is 19.7 Å². The van der Waals surface area contributed by atoms with Crippen molar-refractivity contribution in [3.63, 3.8) is 0 Å². The van der Waals surface area contributed by atoms with Crippen LogP contribution in [0.3, 0.4) is 0 Å². The van der Waals surface area contributed by atoms with Gasteiger partial charge >= 0.3 is 0 Å². The molecule has 2 unspecified atom stereocenters. The lowest BCUT2D eigenvalue weighted by Gasteiger charge is -2.37. The van der Waals surface area contributed by atoms with Gasteiger partial charge in [-0.1, -0.05) is 29.4 Å². The van der Waals surface area contributed by atoms with E-state index in [0.717, 1.165) is 30.6 Å². The Morgan fingerprint density at radius 1 is 1.21 bits per heavy atom. The summed E-state index contributed by atoms with van der Waals surface area (Å²) in [6.45, 7) is 6.44. The maximum Gasteiger partial charge on any atom is 0.294 e. The number of aromatic hydroxyl groups is 1. The van der Waals surface area contributed by atoms with Gasteiger partial charge in [-0.2, -0.15) is 5.10 Å². The van der Waals surface area contributed by atoms with Crippen molar-refractivity contribution >= 4 is 11.3 Å². The van der Waals surface area contributed by atoms with E-state index < -0.39 is 0 Å². The monoisotopic (exact) mass is 415 g/mol. The summed E-state index contributed by atoms with van der Waals surface area (Å²) in [5.74, 6) is 0.488. The van der Waals surface area contributed by atoms with Crippen LogP contribution in [0.15, 0.2) is 30.6 Å². The number of hydrogen-bond acceptors (Lipinski definition) is 8. The number of H-pyrrole nitrogens is 1. The molecule has 4 rings (SSSR count). The molecule has 0 radical (unpaired) electrons. The minimum atomic E-state index is -0.0703. The summed E-state index contributed by atoms with van der Waals surface area (Å²) in [6, 6.07) is 5.46. The zero-order valence-electron chi connectivity index (χ0n) is 16.5. The molecule has 0 spiro atoms. The Kier molecular flexibility index (Phi) is 6.08. The third kappa shape index (κ3) is 4.26. The summed E-state index contributed by atoms with van der Waals surface area (Å²) in [5, 5.41) is 30.2. The third-order valence-electron chi connectivity index (χ3n) is 5.19. The van der Waals surface area contributed by atoms with Crippen LogP contribution in [0.25, 0.3) is 21.7 Å². The molecule has 1 fully saturated rings. The number of aromatic nitrogens is 4. The maximum atomic E-state index is 10.5. The molecule has 2 aromatic heterocycles. The SMILES string of the molecule is CCOC1CNCC(CC)[C@@H]1Oc1nnc(-c2ccc(-c3cn[nH]c3)cc2O)s1. The lowest BCUT2D eigenvalue weighted by atomic mass is 9.91. The van der Waals surface area contributed by atoms with E-state index in [2.05, 4.69) is 32.6 Å². The first-order chi connectivity index (χ1) is 14.2. The molecule has 29 heavy (non-hydrogen) atoms. The van der Waals surface area contributed by atoms with Gasteiger partial charge in [-0.3, -0.25) is 5.10 Å². The van der Waals surface area contributed by atoms with Gasteiger partial charge in [0.1, 0.15) is 18.0 Å². The molecule has 0 bridgehead atoms. The zero-order valence-corrected chi connectivity index (χ0v) is 17.3. The Balaban J connectivity index is 1.53. The van der Waals surface area contributed by atoms with Crippen molar-refractivity contribution in [1.29, 1.82) is 0 Å². The van der Waals surface area contributed by atoms with Crippen LogP contribution in [0, 0.1) is 5.92 Å². The number of nitrogens with zero attached hydrogens (tertiary/aromatic N) is 3. The lowest BCUT2D eigenvalue weighted by molar-refractivity contribution is -0.0605. The molecular weight excluding hydrogens is 390 g/mol. The lowest BCUT2D eigenvalue weighted by Crippen LogP contribution is -2.54. The number of hydrogen-bond donors (Lipinski definition) is 3. The van der Waals surface area contributed by atoms with Gasteiger partial charge < -0.3 is 19.9 Å². The Morgan fingerprint density at radius 3 is 2.83 bits per heavy atom. The van der Waals surface area contributed by atoms with Crippen molar-refractivity contribution in [3.05, 3.63) is 30.6 Å². The van der Waals surface area contributed by atoms with Crippen molar-refractivity contribution in [2.24, 2.45) is 5.92 Å². The van der Waals surface area contributed by atoms with E-state index in [4.69, 9.17) is 9.47 Å². The fourth-order valence-corrected chi connectivity index (χ4v) is 4.42. The van der Waals surface area contributed by atoms with Gasteiger partial charge in [0.05, 0.1) is 11.8 Å². The average Bonchev–Trinajstić information content (AvgIpc) is 3.41. The van der Waals surface area contributed by atoms with E-state index in [9.17, 15) is 5.11 Å². The third-order valence-corrected chi connectivity index (χ3v) is 6.04. The highest BCUT2D eigenvalue weighted by Crippen LogP contribution is 2.37.